The highest BCUT2D eigenvalue weighted by molar-refractivity contribution is 9.10. The number of hydrogen-bond acceptors (Lipinski definition) is 2. The first-order chi connectivity index (χ1) is 7.63. The van der Waals surface area contributed by atoms with Crippen LogP contribution in [0.25, 0.3) is 0 Å². The van der Waals surface area contributed by atoms with Crippen molar-refractivity contribution in [3.05, 3.63) is 34.3 Å². The van der Waals surface area contributed by atoms with Gasteiger partial charge in [0, 0.05) is 11.1 Å². The molecule has 0 aliphatic carbocycles. The van der Waals surface area contributed by atoms with Crippen LogP contribution in [0.15, 0.2) is 28.7 Å². The molecule has 0 heterocycles. The lowest BCUT2D eigenvalue weighted by Crippen LogP contribution is -2.30. The monoisotopic (exact) mass is 285 g/mol. The predicted octanol–water partition coefficient (Wildman–Crippen LogP) is 2.66. The van der Waals surface area contributed by atoms with Crippen molar-refractivity contribution in [1.29, 1.82) is 0 Å². The zero-order valence-electron chi connectivity index (χ0n) is 9.50. The molecule has 1 rings (SSSR count). The van der Waals surface area contributed by atoms with Crippen LogP contribution in [0, 0.1) is 0 Å². The molecule has 1 N–H and O–H groups in total. The van der Waals surface area contributed by atoms with Crippen molar-refractivity contribution < 1.29 is 9.53 Å². The van der Waals surface area contributed by atoms with Crippen LogP contribution in [0.3, 0.4) is 0 Å². The standard InChI is InChI=1S/C12H16BrNO2/c1-3-16-8-12(15)14-9(2)10-5-4-6-11(13)7-10/h4-7,9H,3,8H2,1-2H3,(H,14,15)/t9-/m1/s1. The third-order valence-electron chi connectivity index (χ3n) is 2.16. The van der Waals surface area contributed by atoms with E-state index in [1.54, 1.807) is 0 Å². The van der Waals surface area contributed by atoms with E-state index in [1.165, 1.54) is 0 Å². The van der Waals surface area contributed by atoms with Crippen molar-refractivity contribution in [2.45, 2.75) is 19.9 Å². The molecular weight excluding hydrogens is 270 g/mol. The smallest absolute Gasteiger partial charge is 0.246 e. The quantitative estimate of drug-likeness (QED) is 0.903. The predicted molar refractivity (Wildman–Crippen MR) is 67.2 cm³/mol. The fourth-order valence-corrected chi connectivity index (χ4v) is 1.75. The maximum atomic E-state index is 11.4. The Hall–Kier alpha value is -0.870. The van der Waals surface area contributed by atoms with Crippen LogP contribution >= 0.6 is 15.9 Å². The largest absolute Gasteiger partial charge is 0.372 e. The number of rotatable bonds is 5. The highest BCUT2D eigenvalue weighted by Crippen LogP contribution is 2.17. The number of carbonyl (C=O) groups excluding carboxylic acids is 1. The van der Waals surface area contributed by atoms with E-state index in [9.17, 15) is 4.79 Å². The third-order valence-corrected chi connectivity index (χ3v) is 2.66. The molecule has 0 radical (unpaired) electrons. The number of benzene rings is 1. The number of hydrogen-bond donors (Lipinski definition) is 1. The molecule has 3 nitrogen and oxygen atoms in total. The molecule has 0 saturated heterocycles. The molecule has 0 aliphatic rings. The lowest BCUT2D eigenvalue weighted by atomic mass is 10.1. The van der Waals surface area contributed by atoms with Crippen LogP contribution in [-0.4, -0.2) is 19.1 Å². The van der Waals surface area contributed by atoms with Crippen molar-refractivity contribution in [3.8, 4) is 0 Å². The van der Waals surface area contributed by atoms with Crippen LogP contribution in [0.1, 0.15) is 25.5 Å². The number of ether oxygens (including phenoxy) is 1. The van der Waals surface area contributed by atoms with E-state index < -0.39 is 0 Å². The average molecular weight is 286 g/mol. The molecule has 0 aromatic heterocycles. The zero-order chi connectivity index (χ0) is 12.0. The summed E-state index contributed by atoms with van der Waals surface area (Å²) in [5.74, 6) is -0.0886. The van der Waals surface area contributed by atoms with Crippen molar-refractivity contribution >= 4 is 21.8 Å². The van der Waals surface area contributed by atoms with Crippen LogP contribution in [0.5, 0.6) is 0 Å². The van der Waals surface area contributed by atoms with E-state index >= 15 is 0 Å². The molecule has 88 valence electrons. The van der Waals surface area contributed by atoms with Crippen molar-refractivity contribution in [2.75, 3.05) is 13.2 Å². The summed E-state index contributed by atoms with van der Waals surface area (Å²) in [6.45, 7) is 4.49. The summed E-state index contributed by atoms with van der Waals surface area (Å²) >= 11 is 3.40. The van der Waals surface area contributed by atoms with Crippen molar-refractivity contribution in [3.63, 3.8) is 0 Å². The van der Waals surface area contributed by atoms with Crippen LogP contribution in [0.4, 0.5) is 0 Å². The van der Waals surface area contributed by atoms with Gasteiger partial charge in [0.25, 0.3) is 0 Å². The second kappa shape index (κ2) is 6.66. The first kappa shape index (κ1) is 13.2. The van der Waals surface area contributed by atoms with Gasteiger partial charge in [-0.25, -0.2) is 0 Å². The number of nitrogens with one attached hydrogen (secondary N) is 1. The Bertz CT molecular complexity index is 355. The SMILES string of the molecule is CCOCC(=O)N[C@H](C)c1cccc(Br)c1. The average Bonchev–Trinajstić information content (AvgIpc) is 2.26. The molecule has 1 atom stereocenters. The van der Waals surface area contributed by atoms with Gasteiger partial charge < -0.3 is 10.1 Å². The number of carbonyl (C=O) groups is 1. The normalized spacial score (nSPS) is 12.2. The van der Waals surface area contributed by atoms with Gasteiger partial charge in [-0.15, -0.1) is 0 Å². The first-order valence-electron chi connectivity index (χ1n) is 5.26. The highest BCUT2D eigenvalue weighted by Gasteiger charge is 2.09. The molecule has 16 heavy (non-hydrogen) atoms. The van der Waals surface area contributed by atoms with Gasteiger partial charge in [-0.05, 0) is 31.5 Å². The van der Waals surface area contributed by atoms with Gasteiger partial charge >= 0.3 is 0 Å². The van der Waals surface area contributed by atoms with E-state index in [2.05, 4.69) is 21.2 Å². The lowest BCUT2D eigenvalue weighted by molar-refractivity contribution is -0.126. The van der Waals surface area contributed by atoms with Gasteiger partial charge in [0.05, 0.1) is 6.04 Å². The summed E-state index contributed by atoms with van der Waals surface area (Å²) in [6.07, 6.45) is 0. The fraction of sp³-hybridized carbons (Fsp3) is 0.417. The second-order valence-electron chi connectivity index (χ2n) is 3.48. The molecule has 0 bridgehead atoms. The molecule has 0 spiro atoms. The van der Waals surface area contributed by atoms with Gasteiger partial charge in [-0.1, -0.05) is 28.1 Å². The minimum atomic E-state index is -0.0886. The number of amides is 1. The van der Waals surface area contributed by atoms with E-state index in [0.29, 0.717) is 6.61 Å². The van der Waals surface area contributed by atoms with Crippen LogP contribution < -0.4 is 5.32 Å². The molecule has 1 aromatic rings. The summed E-state index contributed by atoms with van der Waals surface area (Å²) in [6, 6.07) is 7.87. The molecule has 4 heteroatoms. The Balaban J connectivity index is 2.52. The molecular formula is C12H16BrNO2. The minimum absolute atomic E-state index is 0.00884. The molecule has 0 fully saturated rings. The van der Waals surface area contributed by atoms with E-state index in [1.807, 2.05) is 38.1 Å². The van der Waals surface area contributed by atoms with E-state index in [-0.39, 0.29) is 18.6 Å². The number of halogens is 1. The van der Waals surface area contributed by atoms with E-state index in [0.717, 1.165) is 10.0 Å². The van der Waals surface area contributed by atoms with Gasteiger partial charge in [-0.2, -0.15) is 0 Å². The maximum Gasteiger partial charge on any atom is 0.246 e. The molecule has 0 saturated carbocycles. The Morgan fingerprint density at radius 1 is 1.56 bits per heavy atom. The second-order valence-corrected chi connectivity index (χ2v) is 4.40. The topological polar surface area (TPSA) is 38.3 Å². The van der Waals surface area contributed by atoms with Gasteiger partial charge in [-0.3, -0.25) is 4.79 Å². The zero-order valence-corrected chi connectivity index (χ0v) is 11.1. The fourth-order valence-electron chi connectivity index (χ4n) is 1.34. The molecule has 0 aliphatic heterocycles. The summed E-state index contributed by atoms with van der Waals surface area (Å²) in [7, 11) is 0. The molecule has 1 aromatic carbocycles. The molecule has 0 unspecified atom stereocenters. The minimum Gasteiger partial charge on any atom is -0.372 e. The van der Waals surface area contributed by atoms with Gasteiger partial charge in [0.15, 0.2) is 0 Å². The maximum absolute atomic E-state index is 11.4. The Labute approximate surface area is 104 Å². The van der Waals surface area contributed by atoms with Crippen LogP contribution in [-0.2, 0) is 9.53 Å². The summed E-state index contributed by atoms with van der Waals surface area (Å²) < 4.78 is 6.04. The Morgan fingerprint density at radius 3 is 2.94 bits per heavy atom. The first-order valence-corrected chi connectivity index (χ1v) is 6.05. The van der Waals surface area contributed by atoms with E-state index in [4.69, 9.17) is 4.74 Å². The Kier molecular flexibility index (Phi) is 5.49. The Morgan fingerprint density at radius 2 is 2.31 bits per heavy atom. The summed E-state index contributed by atoms with van der Waals surface area (Å²) in [5, 5.41) is 2.87. The van der Waals surface area contributed by atoms with Gasteiger partial charge in [0.2, 0.25) is 5.91 Å². The summed E-state index contributed by atoms with van der Waals surface area (Å²) in [4.78, 5) is 11.4. The third kappa shape index (κ3) is 4.33. The van der Waals surface area contributed by atoms with Crippen molar-refractivity contribution in [1.82, 2.24) is 5.32 Å². The molecule has 1 amide bonds. The van der Waals surface area contributed by atoms with Gasteiger partial charge in [0.1, 0.15) is 6.61 Å². The van der Waals surface area contributed by atoms with Crippen LogP contribution in [0.2, 0.25) is 0 Å². The highest BCUT2D eigenvalue weighted by atomic mass is 79.9. The lowest BCUT2D eigenvalue weighted by Gasteiger charge is -2.14. The van der Waals surface area contributed by atoms with Crippen molar-refractivity contribution in [2.24, 2.45) is 0 Å². The summed E-state index contributed by atoms with van der Waals surface area (Å²) in [5.41, 5.74) is 1.07.